The van der Waals surface area contributed by atoms with Crippen molar-refractivity contribution < 1.29 is 19.8 Å². The maximum atomic E-state index is 10.3. The monoisotopic (exact) mass is 173 g/mol. The Morgan fingerprint density at radius 2 is 1.83 bits per heavy atom. The number of hydrogen-bond acceptors (Lipinski definition) is 3. The van der Waals surface area contributed by atoms with Crippen LogP contribution in [0.3, 0.4) is 0 Å². The first-order valence-corrected chi connectivity index (χ1v) is 3.32. The topological polar surface area (TPSA) is 101 Å². The number of rotatable bonds is 5. The average Bonchev–Trinajstić information content (AvgIpc) is 1.98. The summed E-state index contributed by atoms with van der Waals surface area (Å²) >= 11 is 0. The molecule has 0 radical (unpaired) electrons. The molecule has 12 heavy (non-hydrogen) atoms. The minimum atomic E-state index is -1.45. The minimum absolute atomic E-state index is 0.131. The Bertz CT molecular complexity index is 188. The molecule has 5 nitrogen and oxygen atoms in total. The summed E-state index contributed by atoms with van der Waals surface area (Å²) in [5.41, 5.74) is 5.30. The highest BCUT2D eigenvalue weighted by Gasteiger charge is 2.26. The van der Waals surface area contributed by atoms with Gasteiger partial charge in [0, 0.05) is 6.04 Å². The molecule has 0 aliphatic heterocycles. The zero-order chi connectivity index (χ0) is 9.72. The van der Waals surface area contributed by atoms with Crippen LogP contribution >= 0.6 is 0 Å². The Labute approximate surface area is 69.5 Å². The molecule has 0 aromatic rings. The lowest BCUT2D eigenvalue weighted by atomic mass is 10.0. The van der Waals surface area contributed by atoms with Gasteiger partial charge in [0.2, 0.25) is 0 Å². The van der Waals surface area contributed by atoms with E-state index in [1.54, 1.807) is 0 Å². The Kier molecular flexibility index (Phi) is 3.99. The van der Waals surface area contributed by atoms with E-state index in [9.17, 15) is 9.59 Å². The third-order valence-electron chi connectivity index (χ3n) is 1.41. The average molecular weight is 173 g/mol. The summed E-state index contributed by atoms with van der Waals surface area (Å²) in [6.45, 7) is 3.32. The van der Waals surface area contributed by atoms with Crippen LogP contribution in [0.1, 0.15) is 6.42 Å². The first-order chi connectivity index (χ1) is 5.49. The van der Waals surface area contributed by atoms with Crippen molar-refractivity contribution in [3.8, 4) is 0 Å². The molecule has 1 atom stereocenters. The fourth-order valence-corrected chi connectivity index (χ4v) is 0.676. The lowest BCUT2D eigenvalue weighted by Gasteiger charge is -2.09. The van der Waals surface area contributed by atoms with Crippen LogP contribution in [0.5, 0.6) is 0 Å². The summed E-state index contributed by atoms with van der Waals surface area (Å²) in [7, 11) is 0. The van der Waals surface area contributed by atoms with Gasteiger partial charge in [0.1, 0.15) is 0 Å². The molecule has 0 aromatic heterocycles. The van der Waals surface area contributed by atoms with Crippen molar-refractivity contribution in [2.45, 2.75) is 12.5 Å². The molecule has 1 unspecified atom stereocenters. The molecule has 0 amide bonds. The van der Waals surface area contributed by atoms with E-state index in [0.717, 1.165) is 0 Å². The number of carboxylic acid groups (broad SMARTS) is 2. The van der Waals surface area contributed by atoms with Crippen molar-refractivity contribution in [2.24, 2.45) is 11.7 Å². The van der Waals surface area contributed by atoms with Crippen LogP contribution in [0.15, 0.2) is 12.7 Å². The van der Waals surface area contributed by atoms with Crippen molar-refractivity contribution >= 4 is 11.9 Å². The molecule has 0 heterocycles. The summed E-state index contributed by atoms with van der Waals surface area (Å²) in [4.78, 5) is 20.6. The molecule has 0 aliphatic rings. The SMILES string of the molecule is C=CC(N)CC(C(=O)O)C(=O)O. The van der Waals surface area contributed by atoms with E-state index < -0.39 is 23.9 Å². The van der Waals surface area contributed by atoms with Crippen LogP contribution in [0, 0.1) is 5.92 Å². The number of hydrogen-bond donors (Lipinski definition) is 3. The lowest BCUT2D eigenvalue weighted by Crippen LogP contribution is -2.30. The van der Waals surface area contributed by atoms with Gasteiger partial charge in [-0.1, -0.05) is 6.08 Å². The quantitative estimate of drug-likeness (QED) is 0.390. The fourth-order valence-electron chi connectivity index (χ4n) is 0.676. The Hall–Kier alpha value is -1.36. The number of aliphatic carboxylic acids is 2. The normalized spacial score (nSPS) is 12.5. The van der Waals surface area contributed by atoms with Crippen molar-refractivity contribution in [2.75, 3.05) is 0 Å². The second kappa shape index (κ2) is 4.50. The lowest BCUT2D eigenvalue weighted by molar-refractivity contribution is -0.154. The van der Waals surface area contributed by atoms with E-state index in [4.69, 9.17) is 15.9 Å². The Balaban J connectivity index is 4.23. The third-order valence-corrected chi connectivity index (χ3v) is 1.41. The molecule has 0 bridgehead atoms. The van der Waals surface area contributed by atoms with Gasteiger partial charge in [-0.25, -0.2) is 0 Å². The molecule has 0 saturated heterocycles. The summed E-state index contributed by atoms with van der Waals surface area (Å²) < 4.78 is 0. The zero-order valence-electron chi connectivity index (χ0n) is 6.43. The van der Waals surface area contributed by atoms with Gasteiger partial charge in [0.05, 0.1) is 0 Å². The van der Waals surface area contributed by atoms with Crippen molar-refractivity contribution in [3.05, 3.63) is 12.7 Å². The van der Waals surface area contributed by atoms with Crippen LogP contribution in [-0.4, -0.2) is 28.2 Å². The van der Waals surface area contributed by atoms with Gasteiger partial charge in [0.15, 0.2) is 5.92 Å². The summed E-state index contributed by atoms with van der Waals surface area (Å²) in [5, 5.41) is 16.8. The molecule has 0 spiro atoms. The zero-order valence-corrected chi connectivity index (χ0v) is 6.43. The molecule has 0 aliphatic carbocycles. The Morgan fingerprint density at radius 1 is 1.42 bits per heavy atom. The van der Waals surface area contributed by atoms with E-state index in [-0.39, 0.29) is 6.42 Å². The predicted octanol–water partition coefficient (Wildman–Crippen LogP) is -0.325. The highest BCUT2D eigenvalue weighted by atomic mass is 16.4. The van der Waals surface area contributed by atoms with E-state index in [1.807, 2.05) is 0 Å². The predicted molar refractivity (Wildman–Crippen MR) is 41.6 cm³/mol. The fraction of sp³-hybridized carbons (Fsp3) is 0.429. The molecular weight excluding hydrogens is 162 g/mol. The molecule has 0 rings (SSSR count). The molecule has 4 N–H and O–H groups in total. The van der Waals surface area contributed by atoms with Crippen LogP contribution in [-0.2, 0) is 9.59 Å². The summed E-state index contributed by atoms with van der Waals surface area (Å²) in [5.74, 6) is -4.20. The molecular formula is C7H11NO4. The molecule has 68 valence electrons. The molecule has 5 heteroatoms. The van der Waals surface area contributed by atoms with E-state index >= 15 is 0 Å². The van der Waals surface area contributed by atoms with Gasteiger partial charge in [-0.15, -0.1) is 6.58 Å². The highest BCUT2D eigenvalue weighted by Crippen LogP contribution is 2.06. The van der Waals surface area contributed by atoms with E-state index in [0.29, 0.717) is 0 Å². The molecule has 0 aromatic carbocycles. The summed E-state index contributed by atoms with van der Waals surface area (Å²) in [6.07, 6.45) is 1.19. The van der Waals surface area contributed by atoms with Crippen molar-refractivity contribution in [1.29, 1.82) is 0 Å². The standard InChI is InChI=1S/C7H11NO4/c1-2-4(8)3-5(6(9)10)7(11)12/h2,4-5H,1,3,8H2,(H,9,10)(H,11,12). The molecule has 0 saturated carbocycles. The van der Waals surface area contributed by atoms with Crippen molar-refractivity contribution in [3.63, 3.8) is 0 Å². The minimum Gasteiger partial charge on any atom is -0.481 e. The van der Waals surface area contributed by atoms with Crippen LogP contribution in [0.2, 0.25) is 0 Å². The van der Waals surface area contributed by atoms with E-state index in [2.05, 4.69) is 6.58 Å². The van der Waals surface area contributed by atoms with Gasteiger partial charge in [-0.2, -0.15) is 0 Å². The second-order valence-corrected chi connectivity index (χ2v) is 2.36. The number of carboxylic acids is 2. The Morgan fingerprint density at radius 3 is 2.08 bits per heavy atom. The van der Waals surface area contributed by atoms with Gasteiger partial charge in [0.25, 0.3) is 0 Å². The maximum Gasteiger partial charge on any atom is 0.317 e. The van der Waals surface area contributed by atoms with Gasteiger partial charge in [-0.05, 0) is 6.42 Å². The first-order valence-electron chi connectivity index (χ1n) is 3.32. The number of carbonyl (C=O) groups is 2. The first kappa shape index (κ1) is 10.6. The van der Waals surface area contributed by atoms with Crippen LogP contribution in [0.4, 0.5) is 0 Å². The van der Waals surface area contributed by atoms with Crippen LogP contribution < -0.4 is 5.73 Å². The van der Waals surface area contributed by atoms with E-state index in [1.165, 1.54) is 6.08 Å². The van der Waals surface area contributed by atoms with Crippen LogP contribution in [0.25, 0.3) is 0 Å². The number of nitrogens with two attached hydrogens (primary N) is 1. The molecule has 0 fully saturated rings. The summed E-state index contributed by atoms with van der Waals surface area (Å²) in [6, 6.07) is -0.595. The second-order valence-electron chi connectivity index (χ2n) is 2.36. The van der Waals surface area contributed by atoms with Gasteiger partial charge in [-0.3, -0.25) is 9.59 Å². The highest BCUT2D eigenvalue weighted by molar-refractivity contribution is 5.92. The van der Waals surface area contributed by atoms with Crippen molar-refractivity contribution in [1.82, 2.24) is 0 Å². The van der Waals surface area contributed by atoms with Gasteiger partial charge >= 0.3 is 11.9 Å². The largest absolute Gasteiger partial charge is 0.481 e. The maximum absolute atomic E-state index is 10.3. The third kappa shape index (κ3) is 3.16. The smallest absolute Gasteiger partial charge is 0.317 e. The van der Waals surface area contributed by atoms with Gasteiger partial charge < -0.3 is 15.9 Å².